The number of aryl methyl sites for hydroxylation is 1. The van der Waals surface area contributed by atoms with Crippen LogP contribution in [0.2, 0.25) is 10.0 Å². The number of halogens is 2. The Hall–Kier alpha value is -0.190. The first kappa shape index (κ1) is 15.7. The van der Waals surface area contributed by atoms with Gasteiger partial charge in [0.15, 0.2) is 0 Å². The van der Waals surface area contributed by atoms with Gasteiger partial charge in [0.2, 0.25) is 0 Å². The van der Waals surface area contributed by atoms with E-state index in [4.69, 9.17) is 23.2 Å². The lowest BCUT2D eigenvalue weighted by Gasteiger charge is -2.15. The minimum Gasteiger partial charge on any atom is -0.312 e. The van der Waals surface area contributed by atoms with E-state index < -0.39 is 0 Å². The molecule has 2 heterocycles. The van der Waals surface area contributed by atoms with Gasteiger partial charge in [0.05, 0.1) is 0 Å². The Bertz CT molecular complexity index is 616. The van der Waals surface area contributed by atoms with Gasteiger partial charge in [-0.25, -0.2) is 0 Å². The number of rotatable bonds is 4. The smallest absolute Gasteiger partial charge is 0.0453 e. The Morgan fingerprint density at radius 1 is 1.29 bits per heavy atom. The monoisotopic (exact) mass is 357 g/mol. The van der Waals surface area contributed by atoms with Crippen LogP contribution < -0.4 is 5.32 Å². The zero-order valence-electron chi connectivity index (χ0n) is 11.8. The van der Waals surface area contributed by atoms with E-state index >= 15 is 0 Å². The quantitative estimate of drug-likeness (QED) is 0.791. The summed E-state index contributed by atoms with van der Waals surface area (Å²) in [5, 5.41) is 4.87. The lowest BCUT2D eigenvalue weighted by Crippen LogP contribution is -2.17. The van der Waals surface area contributed by atoms with Crippen molar-refractivity contribution in [1.29, 1.82) is 0 Å². The van der Waals surface area contributed by atoms with Crippen LogP contribution >= 0.6 is 46.3 Å². The molecule has 0 amide bonds. The van der Waals surface area contributed by atoms with Gasteiger partial charge in [-0.1, -0.05) is 29.3 Å². The first-order valence-corrected chi connectivity index (χ1v) is 9.70. The van der Waals surface area contributed by atoms with Crippen LogP contribution in [-0.2, 0) is 18.6 Å². The molecule has 21 heavy (non-hydrogen) atoms. The van der Waals surface area contributed by atoms with E-state index in [9.17, 15) is 0 Å². The molecule has 1 unspecified atom stereocenters. The molecule has 0 saturated carbocycles. The number of thioether (sulfide) groups is 1. The predicted molar refractivity (Wildman–Crippen MR) is 96.2 cm³/mol. The molecular weight excluding hydrogens is 341 g/mol. The predicted octanol–water partition coefficient (Wildman–Crippen LogP) is 5.35. The number of hydrogen-bond acceptors (Lipinski definition) is 3. The molecule has 3 rings (SSSR count). The molecule has 1 aliphatic heterocycles. The second kappa shape index (κ2) is 6.93. The van der Waals surface area contributed by atoms with Crippen LogP contribution in [0.4, 0.5) is 0 Å². The highest BCUT2D eigenvalue weighted by atomic mass is 35.5. The molecule has 0 spiro atoms. The van der Waals surface area contributed by atoms with Crippen molar-refractivity contribution >= 4 is 46.3 Å². The summed E-state index contributed by atoms with van der Waals surface area (Å²) in [6.07, 6.45) is 2.10. The lowest BCUT2D eigenvalue weighted by atomic mass is 10.0. The molecule has 0 bridgehead atoms. The van der Waals surface area contributed by atoms with Crippen LogP contribution in [0.1, 0.15) is 26.9 Å². The SMILES string of the molecule is CNC(Cc1ccc(Cl)cc1Cl)c1cc2c(s1)CCSC2. The third-order valence-corrected chi connectivity index (χ3v) is 6.72. The first-order chi connectivity index (χ1) is 10.2. The number of benzene rings is 1. The summed E-state index contributed by atoms with van der Waals surface area (Å²) in [7, 11) is 2.02. The van der Waals surface area contributed by atoms with Crippen LogP contribution in [-0.4, -0.2) is 12.8 Å². The van der Waals surface area contributed by atoms with Crippen molar-refractivity contribution in [2.75, 3.05) is 12.8 Å². The maximum absolute atomic E-state index is 6.31. The van der Waals surface area contributed by atoms with Gasteiger partial charge in [0.1, 0.15) is 0 Å². The standard InChI is InChI=1S/C16H17Cl2NS2/c1-19-14(6-10-2-3-12(17)8-13(10)18)16-7-11-9-20-5-4-15(11)21-16/h2-3,7-8,14,19H,4-6,9H2,1H3. The van der Waals surface area contributed by atoms with Crippen molar-refractivity contribution < 1.29 is 0 Å². The second-order valence-corrected chi connectivity index (χ2v) is 8.30. The molecule has 1 aliphatic rings. The number of fused-ring (bicyclic) bond motifs is 1. The molecule has 5 heteroatoms. The Labute approximate surface area is 144 Å². The molecule has 0 aliphatic carbocycles. The van der Waals surface area contributed by atoms with Gasteiger partial charge in [-0.15, -0.1) is 11.3 Å². The van der Waals surface area contributed by atoms with Crippen molar-refractivity contribution in [1.82, 2.24) is 5.32 Å². The van der Waals surface area contributed by atoms with Crippen LogP contribution in [0.15, 0.2) is 24.3 Å². The fourth-order valence-electron chi connectivity index (χ4n) is 2.59. The van der Waals surface area contributed by atoms with E-state index in [1.807, 2.05) is 48.3 Å². The number of hydrogen-bond donors (Lipinski definition) is 1. The lowest BCUT2D eigenvalue weighted by molar-refractivity contribution is 0.602. The van der Waals surface area contributed by atoms with E-state index in [0.29, 0.717) is 11.1 Å². The van der Waals surface area contributed by atoms with Crippen molar-refractivity contribution in [2.24, 2.45) is 0 Å². The Kier molecular flexibility index (Phi) is 5.18. The minimum atomic E-state index is 0.310. The average Bonchev–Trinajstić information content (AvgIpc) is 2.90. The molecule has 0 radical (unpaired) electrons. The summed E-state index contributed by atoms with van der Waals surface area (Å²) in [5.41, 5.74) is 2.66. The molecule has 1 aromatic carbocycles. The Balaban J connectivity index is 1.83. The van der Waals surface area contributed by atoms with Gasteiger partial charge in [-0.2, -0.15) is 11.8 Å². The van der Waals surface area contributed by atoms with Gasteiger partial charge < -0.3 is 5.32 Å². The molecule has 0 saturated heterocycles. The van der Waals surface area contributed by atoms with Gasteiger partial charge in [-0.3, -0.25) is 0 Å². The molecule has 112 valence electrons. The van der Waals surface area contributed by atoms with Gasteiger partial charge in [0, 0.05) is 31.6 Å². The maximum Gasteiger partial charge on any atom is 0.0453 e. The molecule has 1 aromatic heterocycles. The molecule has 0 fully saturated rings. The number of thiophene rings is 1. The molecule has 2 aromatic rings. The fourth-order valence-corrected chi connectivity index (χ4v) is 5.57. The van der Waals surface area contributed by atoms with Crippen molar-refractivity contribution in [3.8, 4) is 0 Å². The normalized spacial score (nSPS) is 15.8. The zero-order valence-corrected chi connectivity index (χ0v) is 14.9. The van der Waals surface area contributed by atoms with E-state index in [0.717, 1.165) is 22.8 Å². The summed E-state index contributed by atoms with van der Waals surface area (Å²) in [4.78, 5) is 2.97. The summed E-state index contributed by atoms with van der Waals surface area (Å²) in [6.45, 7) is 0. The fraction of sp³-hybridized carbons (Fsp3) is 0.375. The average molecular weight is 358 g/mol. The van der Waals surface area contributed by atoms with Crippen LogP contribution in [0.5, 0.6) is 0 Å². The van der Waals surface area contributed by atoms with Crippen molar-refractivity contribution in [3.05, 3.63) is 55.2 Å². The third-order valence-electron chi connectivity index (χ3n) is 3.78. The Morgan fingerprint density at radius 2 is 2.14 bits per heavy atom. The summed E-state index contributed by atoms with van der Waals surface area (Å²) in [6, 6.07) is 8.44. The summed E-state index contributed by atoms with van der Waals surface area (Å²) < 4.78 is 0. The number of likely N-dealkylation sites (N-methyl/N-ethyl adjacent to an activating group) is 1. The highest BCUT2D eigenvalue weighted by Gasteiger charge is 2.19. The highest BCUT2D eigenvalue weighted by molar-refractivity contribution is 7.98. The van der Waals surface area contributed by atoms with E-state index in [-0.39, 0.29) is 0 Å². The molecule has 1 nitrogen and oxygen atoms in total. The van der Waals surface area contributed by atoms with Gasteiger partial charge >= 0.3 is 0 Å². The molecular formula is C16H17Cl2NS2. The van der Waals surface area contributed by atoms with Gasteiger partial charge in [-0.05, 0) is 55.0 Å². The highest BCUT2D eigenvalue weighted by Crippen LogP contribution is 2.36. The maximum atomic E-state index is 6.31. The van der Waals surface area contributed by atoms with Crippen LogP contribution in [0.3, 0.4) is 0 Å². The van der Waals surface area contributed by atoms with Crippen LogP contribution in [0.25, 0.3) is 0 Å². The summed E-state index contributed by atoms with van der Waals surface area (Å²) in [5.74, 6) is 2.41. The van der Waals surface area contributed by atoms with E-state index in [1.165, 1.54) is 22.6 Å². The molecule has 1 atom stereocenters. The minimum absolute atomic E-state index is 0.310. The first-order valence-electron chi connectivity index (χ1n) is 6.98. The van der Waals surface area contributed by atoms with Crippen molar-refractivity contribution in [2.45, 2.75) is 24.6 Å². The molecule has 1 N–H and O–H groups in total. The summed E-state index contributed by atoms with van der Waals surface area (Å²) >= 11 is 16.3. The largest absolute Gasteiger partial charge is 0.312 e. The van der Waals surface area contributed by atoms with E-state index in [2.05, 4.69) is 11.4 Å². The van der Waals surface area contributed by atoms with Gasteiger partial charge in [0.25, 0.3) is 0 Å². The Morgan fingerprint density at radius 3 is 2.86 bits per heavy atom. The topological polar surface area (TPSA) is 12.0 Å². The third kappa shape index (κ3) is 3.59. The number of nitrogens with one attached hydrogen (secondary N) is 1. The van der Waals surface area contributed by atoms with Crippen molar-refractivity contribution in [3.63, 3.8) is 0 Å². The zero-order chi connectivity index (χ0) is 14.8. The van der Waals surface area contributed by atoms with E-state index in [1.54, 1.807) is 4.88 Å². The van der Waals surface area contributed by atoms with Crippen LogP contribution in [0, 0.1) is 0 Å². The second-order valence-electron chi connectivity index (χ2n) is 5.18.